The summed E-state index contributed by atoms with van der Waals surface area (Å²) in [4.78, 5) is 2.63. The summed E-state index contributed by atoms with van der Waals surface area (Å²) in [6.45, 7) is 10.3. The molecule has 0 aromatic carbocycles. The molecule has 98 valence electrons. The molecular formula is C14H25ClN2. The van der Waals surface area contributed by atoms with Gasteiger partial charge in [0.15, 0.2) is 0 Å². The molecule has 17 heavy (non-hydrogen) atoms. The third-order valence-corrected chi connectivity index (χ3v) is 4.72. The maximum Gasteiger partial charge on any atom is 0.0337 e. The van der Waals surface area contributed by atoms with E-state index in [1.165, 1.54) is 12.8 Å². The standard InChI is InChI=1S/C14H25ClN2/c1-11(2)13-9-17(8-4-7-15)14(3,10-16-13)12-5-6-12/h4,7,11-13,16H,5-6,8-10H2,1-3H3/b7-4+. The normalized spacial score (nSPS) is 35.9. The molecule has 2 rings (SSSR count). The van der Waals surface area contributed by atoms with E-state index in [0.717, 1.165) is 25.6 Å². The molecule has 2 fully saturated rings. The van der Waals surface area contributed by atoms with Crippen molar-refractivity contribution in [3.63, 3.8) is 0 Å². The third-order valence-electron chi connectivity index (χ3n) is 4.54. The fourth-order valence-electron chi connectivity index (χ4n) is 2.96. The highest BCUT2D eigenvalue weighted by Gasteiger charge is 2.48. The summed E-state index contributed by atoms with van der Waals surface area (Å²) in [5, 5.41) is 3.74. The lowest BCUT2D eigenvalue weighted by atomic mass is 9.87. The van der Waals surface area contributed by atoms with Gasteiger partial charge < -0.3 is 5.32 Å². The number of halogens is 1. The predicted molar refractivity (Wildman–Crippen MR) is 74.3 cm³/mol. The molecule has 0 aromatic heterocycles. The molecule has 0 amide bonds. The lowest BCUT2D eigenvalue weighted by Gasteiger charge is -2.49. The van der Waals surface area contributed by atoms with Gasteiger partial charge in [0.1, 0.15) is 0 Å². The van der Waals surface area contributed by atoms with Crippen molar-refractivity contribution in [3.05, 3.63) is 11.6 Å². The molecule has 2 atom stereocenters. The van der Waals surface area contributed by atoms with Gasteiger partial charge >= 0.3 is 0 Å². The fourth-order valence-corrected chi connectivity index (χ4v) is 3.04. The minimum absolute atomic E-state index is 0.335. The second kappa shape index (κ2) is 5.29. The number of nitrogens with zero attached hydrogens (tertiary/aromatic N) is 1. The van der Waals surface area contributed by atoms with Gasteiger partial charge in [-0.2, -0.15) is 0 Å². The van der Waals surface area contributed by atoms with Crippen LogP contribution >= 0.6 is 11.6 Å². The van der Waals surface area contributed by atoms with Gasteiger partial charge in [0.2, 0.25) is 0 Å². The van der Waals surface area contributed by atoms with E-state index in [9.17, 15) is 0 Å². The van der Waals surface area contributed by atoms with Crippen molar-refractivity contribution in [1.29, 1.82) is 0 Å². The summed E-state index contributed by atoms with van der Waals surface area (Å²) in [5.74, 6) is 1.58. The molecule has 1 heterocycles. The van der Waals surface area contributed by atoms with Crippen molar-refractivity contribution in [2.24, 2.45) is 11.8 Å². The van der Waals surface area contributed by atoms with Crippen molar-refractivity contribution in [2.45, 2.75) is 45.2 Å². The van der Waals surface area contributed by atoms with Gasteiger partial charge in [-0.25, -0.2) is 0 Å². The van der Waals surface area contributed by atoms with Crippen molar-refractivity contribution in [2.75, 3.05) is 19.6 Å². The summed E-state index contributed by atoms with van der Waals surface area (Å²) in [5.41, 5.74) is 1.99. The Balaban J connectivity index is 2.06. The van der Waals surface area contributed by atoms with Crippen LogP contribution in [-0.2, 0) is 0 Å². The Morgan fingerprint density at radius 1 is 1.47 bits per heavy atom. The smallest absolute Gasteiger partial charge is 0.0337 e. The first kappa shape index (κ1) is 13.4. The summed E-state index contributed by atoms with van der Waals surface area (Å²) < 4.78 is 0. The molecule has 0 spiro atoms. The number of rotatable bonds is 4. The average molecular weight is 257 g/mol. The monoisotopic (exact) mass is 256 g/mol. The van der Waals surface area contributed by atoms with Crippen LogP contribution in [0, 0.1) is 11.8 Å². The molecule has 0 radical (unpaired) electrons. The predicted octanol–water partition coefficient (Wildman–Crippen LogP) is 2.84. The lowest BCUT2D eigenvalue weighted by molar-refractivity contribution is 0.0358. The maximum absolute atomic E-state index is 5.69. The first-order valence-electron chi connectivity index (χ1n) is 6.81. The number of nitrogens with one attached hydrogen (secondary N) is 1. The fraction of sp³-hybridized carbons (Fsp3) is 0.857. The zero-order valence-corrected chi connectivity index (χ0v) is 12.0. The van der Waals surface area contributed by atoms with Gasteiger partial charge in [-0.05, 0) is 31.6 Å². The molecule has 0 aromatic rings. The molecule has 1 aliphatic heterocycles. The van der Waals surface area contributed by atoms with Crippen LogP contribution < -0.4 is 5.32 Å². The molecule has 1 saturated carbocycles. The summed E-state index contributed by atoms with van der Waals surface area (Å²) >= 11 is 5.69. The van der Waals surface area contributed by atoms with E-state index in [1.807, 2.05) is 0 Å². The van der Waals surface area contributed by atoms with Crippen LogP contribution in [0.5, 0.6) is 0 Å². The highest BCUT2D eigenvalue weighted by Crippen LogP contribution is 2.44. The third kappa shape index (κ3) is 2.86. The van der Waals surface area contributed by atoms with E-state index in [2.05, 4.69) is 37.1 Å². The molecule has 2 unspecified atom stereocenters. The van der Waals surface area contributed by atoms with Gasteiger partial charge in [0, 0.05) is 36.8 Å². The summed E-state index contributed by atoms with van der Waals surface area (Å²) in [6.07, 6.45) is 4.86. The summed E-state index contributed by atoms with van der Waals surface area (Å²) in [7, 11) is 0. The largest absolute Gasteiger partial charge is 0.311 e. The average Bonchev–Trinajstić information content (AvgIpc) is 3.11. The van der Waals surface area contributed by atoms with Crippen LogP contribution in [-0.4, -0.2) is 36.1 Å². The van der Waals surface area contributed by atoms with Gasteiger partial charge in [0.05, 0.1) is 0 Å². The SMILES string of the molecule is CC(C)C1CN(C/C=C/Cl)C(C)(C2CC2)CN1. The number of piperazine rings is 1. The molecule has 2 nitrogen and oxygen atoms in total. The molecular weight excluding hydrogens is 232 g/mol. The van der Waals surface area contributed by atoms with Crippen molar-refractivity contribution in [3.8, 4) is 0 Å². The van der Waals surface area contributed by atoms with Gasteiger partial charge in [-0.3, -0.25) is 4.90 Å². The van der Waals surface area contributed by atoms with Crippen molar-refractivity contribution < 1.29 is 0 Å². The molecule has 2 aliphatic rings. The molecule has 0 bridgehead atoms. The second-order valence-electron chi connectivity index (χ2n) is 6.13. The molecule has 1 saturated heterocycles. The Morgan fingerprint density at radius 2 is 2.18 bits per heavy atom. The molecule has 3 heteroatoms. The van der Waals surface area contributed by atoms with Gasteiger partial charge in [-0.1, -0.05) is 31.5 Å². The lowest BCUT2D eigenvalue weighted by Crippen LogP contribution is -2.65. The first-order valence-corrected chi connectivity index (χ1v) is 7.25. The van der Waals surface area contributed by atoms with E-state index in [-0.39, 0.29) is 0 Å². The minimum Gasteiger partial charge on any atom is -0.311 e. The van der Waals surface area contributed by atoms with E-state index in [1.54, 1.807) is 5.54 Å². The topological polar surface area (TPSA) is 15.3 Å². The maximum atomic E-state index is 5.69. The van der Waals surface area contributed by atoms with E-state index in [4.69, 9.17) is 11.6 Å². The summed E-state index contributed by atoms with van der Waals surface area (Å²) in [6, 6.07) is 0.616. The van der Waals surface area contributed by atoms with Crippen LogP contribution in [0.2, 0.25) is 0 Å². The zero-order valence-electron chi connectivity index (χ0n) is 11.2. The van der Waals surface area contributed by atoms with Crippen molar-refractivity contribution >= 4 is 11.6 Å². The van der Waals surface area contributed by atoms with Crippen LogP contribution in [0.3, 0.4) is 0 Å². The van der Waals surface area contributed by atoms with Crippen LogP contribution in [0.1, 0.15) is 33.6 Å². The zero-order chi connectivity index (χ0) is 12.5. The second-order valence-corrected chi connectivity index (χ2v) is 6.38. The quantitative estimate of drug-likeness (QED) is 0.832. The van der Waals surface area contributed by atoms with Gasteiger partial charge in [-0.15, -0.1) is 0 Å². The highest BCUT2D eigenvalue weighted by molar-refractivity contribution is 6.25. The van der Waals surface area contributed by atoms with Crippen LogP contribution in [0.25, 0.3) is 0 Å². The minimum atomic E-state index is 0.335. The first-order chi connectivity index (χ1) is 8.08. The molecule has 1 aliphatic carbocycles. The van der Waals surface area contributed by atoms with Crippen molar-refractivity contribution in [1.82, 2.24) is 10.2 Å². The number of hydrogen-bond acceptors (Lipinski definition) is 2. The Kier molecular flexibility index (Phi) is 4.17. The number of hydrogen-bond donors (Lipinski definition) is 1. The van der Waals surface area contributed by atoms with E-state index >= 15 is 0 Å². The Labute approximate surface area is 110 Å². The Hall–Kier alpha value is -0.0500. The Morgan fingerprint density at radius 3 is 2.71 bits per heavy atom. The van der Waals surface area contributed by atoms with Crippen LogP contribution in [0.15, 0.2) is 11.6 Å². The highest BCUT2D eigenvalue weighted by atomic mass is 35.5. The van der Waals surface area contributed by atoms with Crippen LogP contribution in [0.4, 0.5) is 0 Å². The van der Waals surface area contributed by atoms with E-state index in [0.29, 0.717) is 17.5 Å². The van der Waals surface area contributed by atoms with E-state index < -0.39 is 0 Å². The Bertz CT molecular complexity index is 286. The molecule has 1 N–H and O–H groups in total. The van der Waals surface area contributed by atoms with Gasteiger partial charge in [0.25, 0.3) is 0 Å².